The summed E-state index contributed by atoms with van der Waals surface area (Å²) in [4.78, 5) is 26.2. The van der Waals surface area contributed by atoms with Crippen LogP contribution in [0.3, 0.4) is 0 Å². The van der Waals surface area contributed by atoms with Gasteiger partial charge in [0.2, 0.25) is 5.91 Å². The standard InChI is InChI=1S/C19H24N4O2/c1-13-18-14(12-22-10-3-2-4-11-22)6-5-7-15(18)23(21-13)16-8-9-17(24)20-19(16)25/h5-7,16H,2-4,8-12H2,1H3,(H,20,24,25). The third kappa shape index (κ3) is 3.06. The molecule has 6 nitrogen and oxygen atoms in total. The number of nitrogens with zero attached hydrogens (tertiary/aromatic N) is 3. The van der Waals surface area contributed by atoms with Gasteiger partial charge in [-0.05, 0) is 50.9 Å². The minimum atomic E-state index is -0.404. The maximum Gasteiger partial charge on any atom is 0.251 e. The minimum Gasteiger partial charge on any atom is -0.299 e. The smallest absolute Gasteiger partial charge is 0.251 e. The molecule has 4 rings (SSSR count). The minimum absolute atomic E-state index is 0.194. The average molecular weight is 340 g/mol. The molecule has 3 heterocycles. The number of likely N-dealkylation sites (tertiary alicyclic amines) is 1. The zero-order valence-electron chi connectivity index (χ0n) is 14.6. The fourth-order valence-electron chi connectivity index (χ4n) is 4.10. The van der Waals surface area contributed by atoms with E-state index in [1.165, 1.54) is 24.8 Å². The van der Waals surface area contributed by atoms with Gasteiger partial charge in [-0.15, -0.1) is 0 Å². The Kier molecular flexibility index (Phi) is 4.29. The highest BCUT2D eigenvalue weighted by molar-refractivity contribution is 6.00. The topological polar surface area (TPSA) is 67.2 Å². The van der Waals surface area contributed by atoms with Gasteiger partial charge in [-0.2, -0.15) is 5.10 Å². The molecule has 0 aliphatic carbocycles. The van der Waals surface area contributed by atoms with Crippen molar-refractivity contribution in [2.75, 3.05) is 13.1 Å². The number of amides is 2. The van der Waals surface area contributed by atoms with E-state index in [0.717, 1.165) is 36.2 Å². The Morgan fingerprint density at radius 2 is 2.00 bits per heavy atom. The maximum atomic E-state index is 12.3. The highest BCUT2D eigenvalue weighted by Crippen LogP contribution is 2.29. The van der Waals surface area contributed by atoms with Crippen molar-refractivity contribution >= 4 is 22.7 Å². The first-order valence-corrected chi connectivity index (χ1v) is 9.16. The van der Waals surface area contributed by atoms with Crippen molar-refractivity contribution < 1.29 is 9.59 Å². The Labute approximate surface area is 147 Å². The molecule has 1 aromatic carbocycles. The van der Waals surface area contributed by atoms with Gasteiger partial charge in [0.05, 0.1) is 11.2 Å². The molecule has 0 radical (unpaired) electrons. The zero-order chi connectivity index (χ0) is 17.4. The molecule has 1 unspecified atom stereocenters. The van der Waals surface area contributed by atoms with E-state index in [-0.39, 0.29) is 11.8 Å². The number of piperidine rings is 2. The Hall–Kier alpha value is -2.21. The van der Waals surface area contributed by atoms with Crippen LogP contribution in [-0.2, 0) is 16.1 Å². The van der Waals surface area contributed by atoms with E-state index in [9.17, 15) is 9.59 Å². The summed E-state index contributed by atoms with van der Waals surface area (Å²) in [6, 6.07) is 5.84. The van der Waals surface area contributed by atoms with Gasteiger partial charge in [0.15, 0.2) is 0 Å². The van der Waals surface area contributed by atoms with Crippen molar-refractivity contribution in [3.63, 3.8) is 0 Å². The molecule has 25 heavy (non-hydrogen) atoms. The van der Waals surface area contributed by atoms with Crippen molar-refractivity contribution in [1.29, 1.82) is 0 Å². The van der Waals surface area contributed by atoms with Gasteiger partial charge in [-0.1, -0.05) is 18.6 Å². The number of benzene rings is 1. The van der Waals surface area contributed by atoms with Crippen LogP contribution < -0.4 is 5.32 Å². The summed E-state index contributed by atoms with van der Waals surface area (Å²) in [5.41, 5.74) is 3.21. The van der Waals surface area contributed by atoms with Crippen LogP contribution in [0.4, 0.5) is 0 Å². The maximum absolute atomic E-state index is 12.3. The van der Waals surface area contributed by atoms with Crippen LogP contribution in [0.1, 0.15) is 49.4 Å². The first kappa shape index (κ1) is 16.3. The van der Waals surface area contributed by atoms with Crippen LogP contribution in [0.5, 0.6) is 0 Å². The normalized spacial score (nSPS) is 22.4. The van der Waals surface area contributed by atoms with Gasteiger partial charge in [-0.25, -0.2) is 0 Å². The monoisotopic (exact) mass is 340 g/mol. The Balaban J connectivity index is 1.69. The van der Waals surface area contributed by atoms with Gasteiger partial charge in [0.1, 0.15) is 6.04 Å². The number of rotatable bonds is 3. The van der Waals surface area contributed by atoms with E-state index < -0.39 is 6.04 Å². The molecular formula is C19H24N4O2. The van der Waals surface area contributed by atoms with Crippen LogP contribution in [0.2, 0.25) is 0 Å². The molecule has 2 aromatic rings. The number of nitrogens with one attached hydrogen (secondary N) is 1. The van der Waals surface area contributed by atoms with Crippen molar-refractivity contribution in [1.82, 2.24) is 20.0 Å². The van der Waals surface area contributed by atoms with Crippen LogP contribution in [0.25, 0.3) is 10.9 Å². The first-order valence-electron chi connectivity index (χ1n) is 9.16. The lowest BCUT2D eigenvalue weighted by Gasteiger charge is -2.26. The Morgan fingerprint density at radius 1 is 1.20 bits per heavy atom. The lowest BCUT2D eigenvalue weighted by atomic mass is 10.0. The Morgan fingerprint density at radius 3 is 2.76 bits per heavy atom. The SMILES string of the molecule is Cc1nn(C2CCC(=O)NC2=O)c2cccc(CN3CCCCC3)c12. The number of hydrogen-bond acceptors (Lipinski definition) is 4. The van der Waals surface area contributed by atoms with Gasteiger partial charge in [0, 0.05) is 18.4 Å². The fraction of sp³-hybridized carbons (Fsp3) is 0.526. The molecule has 1 N–H and O–H groups in total. The van der Waals surface area contributed by atoms with Crippen molar-refractivity contribution in [3.8, 4) is 0 Å². The van der Waals surface area contributed by atoms with Gasteiger partial charge in [-0.3, -0.25) is 24.5 Å². The number of hydrogen-bond donors (Lipinski definition) is 1. The van der Waals surface area contributed by atoms with E-state index in [0.29, 0.717) is 12.8 Å². The highest BCUT2D eigenvalue weighted by Gasteiger charge is 2.30. The highest BCUT2D eigenvalue weighted by atomic mass is 16.2. The number of fused-ring (bicyclic) bond motifs is 1. The second kappa shape index (κ2) is 6.59. The molecule has 6 heteroatoms. The van der Waals surface area contributed by atoms with Crippen molar-refractivity contribution in [2.24, 2.45) is 0 Å². The first-order chi connectivity index (χ1) is 12.1. The lowest BCUT2D eigenvalue weighted by molar-refractivity contribution is -0.135. The summed E-state index contributed by atoms with van der Waals surface area (Å²) >= 11 is 0. The molecule has 2 aliphatic rings. The summed E-state index contributed by atoms with van der Waals surface area (Å²) in [5, 5.41) is 8.25. The quantitative estimate of drug-likeness (QED) is 0.871. The van der Waals surface area contributed by atoms with Gasteiger partial charge >= 0.3 is 0 Å². The lowest BCUT2D eigenvalue weighted by Crippen LogP contribution is -2.42. The van der Waals surface area contributed by atoms with E-state index >= 15 is 0 Å². The predicted molar refractivity (Wildman–Crippen MR) is 95.0 cm³/mol. The van der Waals surface area contributed by atoms with E-state index in [2.05, 4.69) is 21.4 Å². The largest absolute Gasteiger partial charge is 0.299 e. The number of carbonyl (C=O) groups is 2. The average Bonchev–Trinajstić information content (AvgIpc) is 2.94. The van der Waals surface area contributed by atoms with Crippen LogP contribution >= 0.6 is 0 Å². The molecule has 2 aliphatic heterocycles. The fourth-order valence-corrected chi connectivity index (χ4v) is 4.10. The summed E-state index contributed by atoms with van der Waals surface area (Å²) in [6.07, 6.45) is 4.74. The van der Waals surface area contributed by atoms with Gasteiger partial charge < -0.3 is 0 Å². The molecule has 2 saturated heterocycles. The van der Waals surface area contributed by atoms with Crippen LogP contribution in [0.15, 0.2) is 18.2 Å². The second-order valence-electron chi connectivity index (χ2n) is 7.14. The number of carbonyl (C=O) groups excluding carboxylic acids is 2. The van der Waals surface area contributed by atoms with Crippen LogP contribution in [0, 0.1) is 6.92 Å². The predicted octanol–water partition coefficient (Wildman–Crippen LogP) is 2.31. The summed E-state index contributed by atoms with van der Waals surface area (Å²) in [5.74, 6) is -0.442. The van der Waals surface area contributed by atoms with E-state index in [1.807, 2.05) is 23.7 Å². The zero-order valence-corrected chi connectivity index (χ0v) is 14.6. The molecule has 0 saturated carbocycles. The molecule has 1 atom stereocenters. The molecule has 1 aromatic heterocycles. The number of aryl methyl sites for hydroxylation is 1. The Bertz CT molecular complexity index is 820. The summed E-state index contributed by atoms with van der Waals surface area (Å²) in [6.45, 7) is 5.23. The van der Waals surface area contributed by atoms with Gasteiger partial charge in [0.25, 0.3) is 5.91 Å². The second-order valence-corrected chi connectivity index (χ2v) is 7.14. The van der Waals surface area contributed by atoms with E-state index in [1.54, 1.807) is 0 Å². The molecule has 2 fully saturated rings. The molecular weight excluding hydrogens is 316 g/mol. The molecule has 2 amide bonds. The van der Waals surface area contributed by atoms with Crippen molar-refractivity contribution in [3.05, 3.63) is 29.5 Å². The molecule has 0 bridgehead atoms. The van der Waals surface area contributed by atoms with Crippen molar-refractivity contribution in [2.45, 2.75) is 51.6 Å². The number of imide groups is 1. The third-order valence-electron chi connectivity index (χ3n) is 5.34. The van der Waals surface area contributed by atoms with Crippen LogP contribution in [-0.4, -0.2) is 39.6 Å². The number of aromatic nitrogens is 2. The van der Waals surface area contributed by atoms with E-state index in [4.69, 9.17) is 0 Å². The summed E-state index contributed by atoms with van der Waals surface area (Å²) in [7, 11) is 0. The third-order valence-corrected chi connectivity index (χ3v) is 5.34. The molecule has 0 spiro atoms. The summed E-state index contributed by atoms with van der Waals surface area (Å²) < 4.78 is 1.81. The molecule has 132 valence electrons.